The minimum Gasteiger partial charge on any atom is -0.333 e. The van der Waals surface area contributed by atoms with Crippen LogP contribution in [-0.2, 0) is 6.42 Å². The van der Waals surface area contributed by atoms with Crippen molar-refractivity contribution < 1.29 is 0 Å². The van der Waals surface area contributed by atoms with Crippen LogP contribution in [0.3, 0.4) is 0 Å². The van der Waals surface area contributed by atoms with E-state index in [9.17, 15) is 0 Å². The summed E-state index contributed by atoms with van der Waals surface area (Å²) >= 11 is 0. The van der Waals surface area contributed by atoms with E-state index in [-0.39, 0.29) is 6.04 Å². The highest BCUT2D eigenvalue weighted by Gasteiger charge is 2.24. The van der Waals surface area contributed by atoms with Crippen LogP contribution in [0.25, 0.3) is 128 Å². The Bertz CT molecular complexity index is 4400. The molecule has 0 fully saturated rings. The predicted molar refractivity (Wildman–Crippen MR) is 310 cm³/mol. The molecule has 0 saturated carbocycles. The van der Waals surface area contributed by atoms with E-state index >= 15 is 0 Å². The first kappa shape index (κ1) is 43.0. The van der Waals surface area contributed by atoms with Gasteiger partial charge in [0.2, 0.25) is 0 Å². The second-order valence-corrected chi connectivity index (χ2v) is 19.8. The van der Waals surface area contributed by atoms with E-state index in [1.54, 1.807) is 0 Å². The van der Waals surface area contributed by atoms with E-state index in [1.807, 2.05) is 36.4 Å². The number of aromatic nitrogens is 6. The topological polar surface area (TPSA) is 53.5 Å². The van der Waals surface area contributed by atoms with Gasteiger partial charge in [-0.2, -0.15) is 0 Å². The van der Waals surface area contributed by atoms with Crippen LogP contribution in [0.2, 0.25) is 0 Å². The normalized spacial score (nSPS) is 14.2. The van der Waals surface area contributed by atoms with Crippen molar-refractivity contribution in [3.63, 3.8) is 0 Å². The molecule has 15 rings (SSSR count). The highest BCUT2D eigenvalue weighted by atomic mass is 15.0. The molecular formula is C69H48N6. The van der Waals surface area contributed by atoms with Gasteiger partial charge < -0.3 is 13.7 Å². The van der Waals surface area contributed by atoms with E-state index in [0.29, 0.717) is 17.5 Å². The maximum Gasteiger partial charge on any atom is 0.164 e. The molecule has 4 heterocycles. The lowest BCUT2D eigenvalue weighted by Gasteiger charge is -2.20. The van der Waals surface area contributed by atoms with E-state index in [0.717, 1.165) is 74.9 Å². The Morgan fingerprint density at radius 3 is 1.69 bits per heavy atom. The standard InChI is InChI=1S/C69H48N6/c1-4-19-45(20-5-1)67-70-68(46-21-6-2-7-22-46)72-69(71-67)50-24-18-23-47(41-50)48-35-38-53(65(43-48)75-62-33-16-12-29-56(62)57-30-13-17-34-63(57)75)49-36-40-64-59(42-49)58-39-37-52(44-66(58)73(64)51-25-8-3-9-26-51)74-60-31-14-10-27-54(60)55-28-11-15-32-61(55)74/h1-14,16-25,27-31,33-44,51H,15,26,32H2. The molecule has 2 aliphatic carbocycles. The second-order valence-electron chi connectivity index (χ2n) is 19.8. The van der Waals surface area contributed by atoms with Crippen LogP contribution < -0.4 is 0 Å². The summed E-state index contributed by atoms with van der Waals surface area (Å²) in [6.07, 6.45) is 16.7. The third-order valence-electron chi connectivity index (χ3n) is 15.5. The van der Waals surface area contributed by atoms with Gasteiger partial charge in [0.1, 0.15) is 0 Å². The molecule has 0 N–H and O–H groups in total. The smallest absolute Gasteiger partial charge is 0.164 e. The first-order valence-electron chi connectivity index (χ1n) is 26.0. The lowest BCUT2D eigenvalue weighted by atomic mass is 9.96. The van der Waals surface area contributed by atoms with Gasteiger partial charge in [0.15, 0.2) is 17.5 Å². The van der Waals surface area contributed by atoms with Crippen molar-refractivity contribution in [2.75, 3.05) is 0 Å². The highest BCUT2D eigenvalue weighted by Crippen LogP contribution is 2.43. The number of fused-ring (bicyclic) bond motifs is 9. The minimum atomic E-state index is 0.185. The monoisotopic (exact) mass is 960 g/mol. The van der Waals surface area contributed by atoms with Crippen LogP contribution in [0.4, 0.5) is 0 Å². The average molecular weight is 961 g/mol. The number of hydrogen-bond donors (Lipinski definition) is 0. The number of rotatable bonds is 8. The third kappa shape index (κ3) is 7.13. The molecule has 9 aromatic carbocycles. The quantitative estimate of drug-likeness (QED) is 0.152. The van der Waals surface area contributed by atoms with Crippen LogP contribution in [0.5, 0.6) is 0 Å². The van der Waals surface area contributed by atoms with Gasteiger partial charge in [0.05, 0.1) is 33.8 Å². The lowest BCUT2D eigenvalue weighted by Crippen LogP contribution is -2.07. The molecular weight excluding hydrogens is 913 g/mol. The van der Waals surface area contributed by atoms with Crippen molar-refractivity contribution in [2.45, 2.75) is 25.3 Å². The average Bonchev–Trinajstić information content (AvgIpc) is 4.19. The van der Waals surface area contributed by atoms with Crippen molar-refractivity contribution in [3.05, 3.63) is 254 Å². The first-order valence-corrected chi connectivity index (χ1v) is 26.0. The van der Waals surface area contributed by atoms with E-state index in [2.05, 4.69) is 226 Å². The summed E-state index contributed by atoms with van der Waals surface area (Å²) in [5.74, 6) is 1.91. The molecule has 6 heteroatoms. The van der Waals surface area contributed by atoms with Crippen molar-refractivity contribution in [2.24, 2.45) is 0 Å². The minimum absolute atomic E-state index is 0.185. The SMILES string of the molecule is C1=CCC(n2c3ccc(-c4ccc(-c5cccc(-c6nc(-c7ccccc7)nc(-c7ccccc7)n6)c5)cc4-n4c5ccccc5c5ccccc54)cc3c3ccc(-n4c5c(c6ccccc64)C=CCC5)cc32)C=C1. The molecule has 0 spiro atoms. The number of allylic oxidation sites excluding steroid dienone is 5. The summed E-state index contributed by atoms with van der Waals surface area (Å²) in [4.78, 5) is 15.2. The maximum atomic E-state index is 5.10. The van der Waals surface area contributed by atoms with Crippen LogP contribution in [0.1, 0.15) is 30.1 Å². The summed E-state index contributed by atoms with van der Waals surface area (Å²) in [5, 5.41) is 6.25. The Morgan fingerprint density at radius 1 is 0.387 bits per heavy atom. The molecule has 13 aromatic rings. The van der Waals surface area contributed by atoms with Crippen LogP contribution in [-0.4, -0.2) is 28.7 Å². The third-order valence-corrected chi connectivity index (χ3v) is 15.5. The molecule has 0 amide bonds. The maximum absolute atomic E-state index is 5.10. The van der Waals surface area contributed by atoms with E-state index < -0.39 is 0 Å². The molecule has 0 saturated heterocycles. The Hall–Kier alpha value is -9.65. The van der Waals surface area contributed by atoms with Gasteiger partial charge in [-0.3, -0.25) is 0 Å². The summed E-state index contributed by atoms with van der Waals surface area (Å²) in [6.45, 7) is 0. The Kier molecular flexibility index (Phi) is 10.0. The fourth-order valence-corrected chi connectivity index (χ4v) is 12.0. The zero-order valence-corrected chi connectivity index (χ0v) is 41.1. The second kappa shape index (κ2) is 17.5. The van der Waals surface area contributed by atoms with Crippen molar-refractivity contribution in [3.8, 4) is 67.8 Å². The zero-order chi connectivity index (χ0) is 49.4. The summed E-state index contributed by atoms with van der Waals surface area (Å²) in [5.41, 5.74) is 18.4. The van der Waals surface area contributed by atoms with Gasteiger partial charge in [0, 0.05) is 71.6 Å². The predicted octanol–water partition coefficient (Wildman–Crippen LogP) is 17.4. The van der Waals surface area contributed by atoms with E-state index in [4.69, 9.17) is 15.0 Å². The Morgan fingerprint density at radius 2 is 0.987 bits per heavy atom. The summed E-state index contributed by atoms with van der Waals surface area (Å²) < 4.78 is 7.56. The number of nitrogens with zero attached hydrogens (tertiary/aromatic N) is 6. The number of para-hydroxylation sites is 3. The van der Waals surface area contributed by atoms with E-state index in [1.165, 1.54) is 60.4 Å². The molecule has 4 aromatic heterocycles. The molecule has 75 heavy (non-hydrogen) atoms. The fourth-order valence-electron chi connectivity index (χ4n) is 12.0. The van der Waals surface area contributed by atoms with Gasteiger partial charge in [-0.15, -0.1) is 0 Å². The van der Waals surface area contributed by atoms with Crippen LogP contribution in [0, 0.1) is 0 Å². The number of hydrogen-bond acceptors (Lipinski definition) is 3. The first-order chi connectivity index (χ1) is 37.2. The summed E-state index contributed by atoms with van der Waals surface area (Å²) in [6, 6.07) is 76.9. The highest BCUT2D eigenvalue weighted by molar-refractivity contribution is 6.12. The fraction of sp³-hybridized carbons (Fsp3) is 0.0580. The van der Waals surface area contributed by atoms with Crippen LogP contribution in [0.15, 0.2) is 243 Å². The van der Waals surface area contributed by atoms with Crippen molar-refractivity contribution in [1.29, 1.82) is 0 Å². The Labute approximate surface area is 434 Å². The molecule has 1 unspecified atom stereocenters. The summed E-state index contributed by atoms with van der Waals surface area (Å²) in [7, 11) is 0. The van der Waals surface area contributed by atoms with Gasteiger partial charge >= 0.3 is 0 Å². The molecule has 6 nitrogen and oxygen atoms in total. The molecule has 1 atom stereocenters. The number of benzene rings is 9. The lowest BCUT2D eigenvalue weighted by molar-refractivity contribution is 0.648. The van der Waals surface area contributed by atoms with Gasteiger partial charge in [-0.1, -0.05) is 194 Å². The largest absolute Gasteiger partial charge is 0.333 e. The molecule has 2 aliphatic rings. The van der Waals surface area contributed by atoms with Crippen LogP contribution >= 0.6 is 0 Å². The Balaban J connectivity index is 0.919. The van der Waals surface area contributed by atoms with Gasteiger partial charge in [0.25, 0.3) is 0 Å². The molecule has 0 radical (unpaired) electrons. The zero-order valence-electron chi connectivity index (χ0n) is 41.1. The molecule has 354 valence electrons. The van der Waals surface area contributed by atoms with Gasteiger partial charge in [-0.25, -0.2) is 15.0 Å². The molecule has 0 aliphatic heterocycles. The van der Waals surface area contributed by atoms with Crippen molar-refractivity contribution >= 4 is 60.6 Å². The van der Waals surface area contributed by atoms with Gasteiger partial charge in [-0.05, 0) is 90.6 Å². The molecule has 0 bridgehead atoms. The van der Waals surface area contributed by atoms with Crippen molar-refractivity contribution in [1.82, 2.24) is 28.7 Å².